The zero-order valence-electron chi connectivity index (χ0n) is 16.1. The molecule has 2 amide bonds. The van der Waals surface area contributed by atoms with Crippen LogP contribution in [0.25, 0.3) is 0 Å². The Bertz CT molecular complexity index is 764. The van der Waals surface area contributed by atoms with Gasteiger partial charge in [0.15, 0.2) is 0 Å². The number of benzene rings is 1. The number of anilines is 1. The molecule has 8 nitrogen and oxygen atoms in total. The summed E-state index contributed by atoms with van der Waals surface area (Å²) in [6, 6.07) is 6.17. The van der Waals surface area contributed by atoms with Crippen LogP contribution >= 0.6 is 0 Å². The van der Waals surface area contributed by atoms with E-state index in [1.807, 2.05) is 0 Å². The zero-order chi connectivity index (χ0) is 20.0. The SMILES string of the molecule is CCN1CCC[C@H]1CNC(=O)CN(C)S(=O)(=O)c1ccc(NC(C)=O)cc1. The van der Waals surface area contributed by atoms with Gasteiger partial charge in [0.1, 0.15) is 0 Å². The van der Waals surface area contributed by atoms with Crippen molar-refractivity contribution >= 4 is 27.5 Å². The second-order valence-electron chi connectivity index (χ2n) is 6.70. The Morgan fingerprint density at radius 1 is 1.26 bits per heavy atom. The van der Waals surface area contributed by atoms with Crippen molar-refractivity contribution in [2.24, 2.45) is 0 Å². The number of rotatable bonds is 8. The van der Waals surface area contributed by atoms with Gasteiger partial charge in [-0.25, -0.2) is 8.42 Å². The Morgan fingerprint density at radius 2 is 1.93 bits per heavy atom. The Morgan fingerprint density at radius 3 is 2.52 bits per heavy atom. The molecule has 1 aromatic rings. The number of likely N-dealkylation sites (tertiary alicyclic amines) is 1. The molecule has 1 aliphatic heterocycles. The highest BCUT2D eigenvalue weighted by Gasteiger charge is 2.25. The number of nitrogens with zero attached hydrogens (tertiary/aromatic N) is 2. The van der Waals surface area contributed by atoms with E-state index in [4.69, 9.17) is 0 Å². The largest absolute Gasteiger partial charge is 0.353 e. The number of hydrogen-bond donors (Lipinski definition) is 2. The topological polar surface area (TPSA) is 98.8 Å². The molecule has 1 aromatic carbocycles. The molecule has 1 fully saturated rings. The van der Waals surface area contributed by atoms with Crippen LogP contribution < -0.4 is 10.6 Å². The van der Waals surface area contributed by atoms with Gasteiger partial charge in [0.25, 0.3) is 0 Å². The first-order valence-corrected chi connectivity index (χ1v) is 10.5. The molecular formula is C18H28N4O4S. The van der Waals surface area contributed by atoms with Gasteiger partial charge in [0, 0.05) is 32.2 Å². The van der Waals surface area contributed by atoms with Crippen molar-refractivity contribution in [2.75, 3.05) is 38.5 Å². The first-order chi connectivity index (χ1) is 12.7. The summed E-state index contributed by atoms with van der Waals surface area (Å²) in [7, 11) is -2.40. The van der Waals surface area contributed by atoms with Crippen LogP contribution in [0.2, 0.25) is 0 Å². The normalized spacial score (nSPS) is 17.9. The number of sulfonamides is 1. The highest BCUT2D eigenvalue weighted by molar-refractivity contribution is 7.89. The van der Waals surface area contributed by atoms with Crippen molar-refractivity contribution in [3.63, 3.8) is 0 Å². The maximum absolute atomic E-state index is 12.6. The van der Waals surface area contributed by atoms with E-state index in [-0.39, 0.29) is 23.3 Å². The van der Waals surface area contributed by atoms with Gasteiger partial charge in [0.2, 0.25) is 21.8 Å². The van der Waals surface area contributed by atoms with Gasteiger partial charge in [-0.3, -0.25) is 14.5 Å². The molecule has 9 heteroatoms. The van der Waals surface area contributed by atoms with Crippen molar-refractivity contribution in [3.8, 4) is 0 Å². The first kappa shape index (κ1) is 21.3. The second-order valence-corrected chi connectivity index (χ2v) is 8.74. The number of nitrogens with one attached hydrogen (secondary N) is 2. The summed E-state index contributed by atoms with van der Waals surface area (Å²) >= 11 is 0. The van der Waals surface area contributed by atoms with Gasteiger partial charge in [-0.15, -0.1) is 0 Å². The van der Waals surface area contributed by atoms with Gasteiger partial charge in [-0.2, -0.15) is 4.31 Å². The smallest absolute Gasteiger partial charge is 0.243 e. The molecule has 0 radical (unpaired) electrons. The maximum atomic E-state index is 12.6. The average molecular weight is 397 g/mol. The molecular weight excluding hydrogens is 368 g/mol. The van der Waals surface area contributed by atoms with E-state index in [0.717, 1.165) is 30.2 Å². The van der Waals surface area contributed by atoms with Crippen molar-refractivity contribution in [1.29, 1.82) is 0 Å². The summed E-state index contributed by atoms with van der Waals surface area (Å²) in [5.41, 5.74) is 0.513. The van der Waals surface area contributed by atoms with E-state index in [1.165, 1.54) is 38.2 Å². The van der Waals surface area contributed by atoms with Crippen LogP contribution in [0.15, 0.2) is 29.2 Å². The fraction of sp³-hybridized carbons (Fsp3) is 0.556. The summed E-state index contributed by atoms with van der Waals surface area (Å²) in [5, 5.41) is 5.42. The molecule has 0 unspecified atom stereocenters. The van der Waals surface area contributed by atoms with Crippen LogP contribution in [0, 0.1) is 0 Å². The van der Waals surface area contributed by atoms with Crippen molar-refractivity contribution in [1.82, 2.24) is 14.5 Å². The van der Waals surface area contributed by atoms with Gasteiger partial charge >= 0.3 is 0 Å². The molecule has 0 spiro atoms. The Kier molecular flexibility index (Phi) is 7.34. The summed E-state index contributed by atoms with van der Waals surface area (Å²) in [5.74, 6) is -0.554. The number of carbonyl (C=O) groups excluding carboxylic acids is 2. The monoisotopic (exact) mass is 396 g/mol. The molecule has 1 heterocycles. The summed E-state index contributed by atoms with van der Waals surface area (Å²) in [6.07, 6.45) is 2.17. The lowest BCUT2D eigenvalue weighted by Crippen LogP contribution is -2.44. The fourth-order valence-corrected chi connectivity index (χ4v) is 4.34. The van der Waals surface area contributed by atoms with E-state index in [9.17, 15) is 18.0 Å². The van der Waals surface area contributed by atoms with Crippen molar-refractivity contribution in [3.05, 3.63) is 24.3 Å². The molecule has 2 N–H and O–H groups in total. The van der Waals surface area contributed by atoms with Gasteiger partial charge in [-0.05, 0) is 50.2 Å². The fourth-order valence-electron chi connectivity index (χ4n) is 3.21. The molecule has 0 aromatic heterocycles. The quantitative estimate of drug-likeness (QED) is 0.679. The van der Waals surface area contributed by atoms with Crippen LogP contribution in [-0.2, 0) is 19.6 Å². The van der Waals surface area contributed by atoms with Crippen LogP contribution in [0.3, 0.4) is 0 Å². The minimum absolute atomic E-state index is 0.0693. The third-order valence-corrected chi connectivity index (χ3v) is 6.51. The Balaban J connectivity index is 1.92. The zero-order valence-corrected chi connectivity index (χ0v) is 16.9. The summed E-state index contributed by atoms with van der Waals surface area (Å²) in [4.78, 5) is 25.6. The summed E-state index contributed by atoms with van der Waals surface area (Å²) < 4.78 is 26.3. The lowest BCUT2D eigenvalue weighted by Gasteiger charge is -2.23. The predicted octanol–water partition coefficient (Wildman–Crippen LogP) is 0.866. The molecule has 0 aliphatic carbocycles. The second kappa shape index (κ2) is 9.29. The maximum Gasteiger partial charge on any atom is 0.243 e. The number of carbonyl (C=O) groups is 2. The minimum Gasteiger partial charge on any atom is -0.353 e. The van der Waals surface area contributed by atoms with Gasteiger partial charge in [-0.1, -0.05) is 6.92 Å². The first-order valence-electron chi connectivity index (χ1n) is 9.08. The van der Waals surface area contributed by atoms with Crippen LogP contribution in [0.4, 0.5) is 5.69 Å². The van der Waals surface area contributed by atoms with E-state index in [1.54, 1.807) is 0 Å². The van der Waals surface area contributed by atoms with E-state index in [2.05, 4.69) is 22.5 Å². The highest BCUT2D eigenvalue weighted by Crippen LogP contribution is 2.18. The van der Waals surface area contributed by atoms with Gasteiger partial charge in [0.05, 0.1) is 11.4 Å². The lowest BCUT2D eigenvalue weighted by molar-refractivity contribution is -0.121. The van der Waals surface area contributed by atoms with Crippen LogP contribution in [-0.4, -0.2) is 68.7 Å². The predicted molar refractivity (Wildman–Crippen MR) is 104 cm³/mol. The molecule has 150 valence electrons. The number of likely N-dealkylation sites (N-methyl/N-ethyl adjacent to an activating group) is 2. The standard InChI is InChI=1S/C18H28N4O4S/c1-4-22-11-5-6-16(22)12-19-18(24)13-21(3)27(25,26)17-9-7-15(8-10-17)20-14(2)23/h7-10,16H,4-6,11-13H2,1-3H3,(H,19,24)(H,20,23)/t16-/m0/s1. The molecule has 1 saturated heterocycles. The Hall–Kier alpha value is -1.97. The van der Waals surface area contributed by atoms with Crippen LogP contribution in [0.5, 0.6) is 0 Å². The minimum atomic E-state index is -3.78. The average Bonchev–Trinajstić information content (AvgIpc) is 3.07. The van der Waals surface area contributed by atoms with Gasteiger partial charge < -0.3 is 10.6 Å². The molecule has 0 saturated carbocycles. The van der Waals surface area contributed by atoms with E-state index < -0.39 is 10.0 Å². The third-order valence-electron chi connectivity index (χ3n) is 4.69. The van der Waals surface area contributed by atoms with Crippen molar-refractivity contribution in [2.45, 2.75) is 37.6 Å². The van der Waals surface area contributed by atoms with Crippen molar-refractivity contribution < 1.29 is 18.0 Å². The Labute approximate surface area is 161 Å². The molecule has 1 aliphatic rings. The molecule has 27 heavy (non-hydrogen) atoms. The molecule has 2 rings (SSSR count). The lowest BCUT2D eigenvalue weighted by atomic mass is 10.2. The number of hydrogen-bond acceptors (Lipinski definition) is 5. The van der Waals surface area contributed by atoms with E-state index in [0.29, 0.717) is 18.3 Å². The third kappa shape index (κ3) is 5.75. The summed E-state index contributed by atoms with van der Waals surface area (Å²) in [6.45, 7) is 5.75. The highest BCUT2D eigenvalue weighted by atomic mass is 32.2. The molecule has 1 atom stereocenters. The van der Waals surface area contributed by atoms with Crippen LogP contribution in [0.1, 0.15) is 26.7 Å². The van der Waals surface area contributed by atoms with E-state index >= 15 is 0 Å². The number of amides is 2. The molecule has 0 bridgehead atoms.